The average molecular weight is 426 g/mol. The first kappa shape index (κ1) is 22.1. The number of alkyl halides is 3. The molecule has 0 aliphatic carbocycles. The molecule has 0 saturated carbocycles. The predicted molar refractivity (Wildman–Crippen MR) is 104 cm³/mol. The second-order valence-electron chi connectivity index (χ2n) is 8.29. The van der Waals surface area contributed by atoms with Gasteiger partial charge < -0.3 is 10.1 Å². The maximum absolute atomic E-state index is 13.9. The minimum Gasteiger partial charge on any atom is -0.444 e. The third kappa shape index (κ3) is 5.10. The van der Waals surface area contributed by atoms with Crippen LogP contribution < -0.4 is 10.7 Å². The lowest BCUT2D eigenvalue weighted by atomic mass is 9.93. The van der Waals surface area contributed by atoms with E-state index in [0.717, 1.165) is 6.07 Å². The second kappa shape index (κ2) is 8.25. The van der Waals surface area contributed by atoms with Crippen LogP contribution in [0.15, 0.2) is 23.3 Å². The molecule has 164 valence electrons. The van der Waals surface area contributed by atoms with Crippen molar-refractivity contribution in [3.8, 4) is 0 Å². The second-order valence-corrected chi connectivity index (χ2v) is 8.29. The standard InChI is InChI=1S/C20H25F3N4O3/c1-19(2,3)30-18(29)27-9-8-24-11-16(27)13-5-4-12(10-14(13)20(21,22)23)15-6-7-17(28)26-25-15/h4-5,10,16,24H,6-9,11H2,1-3H3,(H,26,28). The quantitative estimate of drug-likeness (QED) is 0.761. The SMILES string of the molecule is CC(C)(C)OC(=O)N1CCNCC1c1ccc(C2=NNC(=O)CC2)cc1C(F)(F)F. The van der Waals surface area contributed by atoms with Crippen molar-refractivity contribution in [2.24, 2.45) is 5.10 Å². The fourth-order valence-electron chi connectivity index (χ4n) is 3.48. The zero-order chi connectivity index (χ0) is 22.1. The number of carbonyl (C=O) groups is 2. The van der Waals surface area contributed by atoms with E-state index >= 15 is 0 Å². The van der Waals surface area contributed by atoms with Gasteiger partial charge >= 0.3 is 12.3 Å². The largest absolute Gasteiger partial charge is 0.444 e. The van der Waals surface area contributed by atoms with Crippen LogP contribution in [-0.4, -0.2) is 47.8 Å². The molecule has 0 bridgehead atoms. The van der Waals surface area contributed by atoms with Crippen LogP contribution in [0.1, 0.15) is 56.3 Å². The molecule has 2 aliphatic rings. The van der Waals surface area contributed by atoms with Crippen LogP contribution in [0.4, 0.5) is 18.0 Å². The first-order chi connectivity index (χ1) is 14.0. The van der Waals surface area contributed by atoms with Crippen molar-refractivity contribution in [3.05, 3.63) is 34.9 Å². The Bertz CT molecular complexity index is 862. The molecule has 2 aliphatic heterocycles. The summed E-state index contributed by atoms with van der Waals surface area (Å²) in [6.45, 7) is 6.01. The van der Waals surface area contributed by atoms with Crippen LogP contribution in [-0.2, 0) is 15.7 Å². The Morgan fingerprint density at radius 3 is 2.57 bits per heavy atom. The molecule has 30 heavy (non-hydrogen) atoms. The molecule has 7 nitrogen and oxygen atoms in total. The normalized spacial score (nSPS) is 20.5. The van der Waals surface area contributed by atoms with Gasteiger partial charge in [-0.1, -0.05) is 12.1 Å². The molecule has 1 saturated heterocycles. The van der Waals surface area contributed by atoms with E-state index in [1.165, 1.54) is 11.0 Å². The summed E-state index contributed by atoms with van der Waals surface area (Å²) >= 11 is 0. The Morgan fingerprint density at radius 1 is 1.23 bits per heavy atom. The van der Waals surface area contributed by atoms with E-state index in [1.54, 1.807) is 26.8 Å². The molecular formula is C20H25F3N4O3. The topological polar surface area (TPSA) is 83.0 Å². The number of nitrogens with zero attached hydrogens (tertiary/aromatic N) is 2. The number of carbonyl (C=O) groups excluding carboxylic acids is 2. The van der Waals surface area contributed by atoms with E-state index in [2.05, 4.69) is 15.8 Å². The average Bonchev–Trinajstić information content (AvgIpc) is 2.66. The van der Waals surface area contributed by atoms with Gasteiger partial charge in [0, 0.05) is 32.5 Å². The van der Waals surface area contributed by atoms with Gasteiger partial charge in [-0.3, -0.25) is 9.69 Å². The lowest BCUT2D eigenvalue weighted by molar-refractivity contribution is -0.139. The number of hydrogen-bond donors (Lipinski definition) is 2. The fourth-order valence-corrected chi connectivity index (χ4v) is 3.48. The molecule has 1 unspecified atom stereocenters. The molecule has 1 aromatic rings. The molecule has 3 rings (SSSR count). The van der Waals surface area contributed by atoms with E-state index < -0.39 is 29.5 Å². The lowest BCUT2D eigenvalue weighted by Crippen LogP contribution is -2.50. The Hall–Kier alpha value is -2.62. The number of piperazine rings is 1. The summed E-state index contributed by atoms with van der Waals surface area (Å²) in [6, 6.07) is 3.13. The molecule has 2 heterocycles. The number of nitrogens with one attached hydrogen (secondary N) is 2. The van der Waals surface area contributed by atoms with Crippen LogP contribution in [0.3, 0.4) is 0 Å². The van der Waals surface area contributed by atoms with Crippen molar-refractivity contribution < 1.29 is 27.5 Å². The fraction of sp³-hybridized carbons (Fsp3) is 0.550. The number of hydrazone groups is 1. The molecule has 0 spiro atoms. The van der Waals surface area contributed by atoms with Gasteiger partial charge in [-0.05, 0) is 38.0 Å². The molecule has 1 aromatic carbocycles. The van der Waals surface area contributed by atoms with Crippen molar-refractivity contribution in [1.29, 1.82) is 0 Å². The van der Waals surface area contributed by atoms with E-state index in [1.807, 2.05) is 0 Å². The Kier molecular flexibility index (Phi) is 6.07. The number of ether oxygens (including phenoxy) is 1. The highest BCUT2D eigenvalue weighted by molar-refractivity contribution is 6.04. The highest BCUT2D eigenvalue weighted by Crippen LogP contribution is 2.38. The van der Waals surface area contributed by atoms with Gasteiger partial charge in [-0.15, -0.1) is 0 Å². The third-order valence-corrected chi connectivity index (χ3v) is 4.83. The van der Waals surface area contributed by atoms with E-state index in [9.17, 15) is 22.8 Å². The van der Waals surface area contributed by atoms with Gasteiger partial charge in [0.15, 0.2) is 0 Å². The van der Waals surface area contributed by atoms with Gasteiger partial charge in [0.1, 0.15) is 5.60 Å². The molecule has 10 heteroatoms. The van der Waals surface area contributed by atoms with Gasteiger partial charge in [0.25, 0.3) is 0 Å². The summed E-state index contributed by atoms with van der Waals surface area (Å²) in [5, 5.41) is 6.94. The smallest absolute Gasteiger partial charge is 0.416 e. The van der Waals surface area contributed by atoms with E-state index in [-0.39, 0.29) is 37.4 Å². The van der Waals surface area contributed by atoms with Crippen LogP contribution in [0.2, 0.25) is 0 Å². The molecule has 2 amide bonds. The number of hydrogen-bond acceptors (Lipinski definition) is 5. The molecular weight excluding hydrogens is 401 g/mol. The summed E-state index contributed by atoms with van der Waals surface area (Å²) in [6.07, 6.45) is -4.84. The summed E-state index contributed by atoms with van der Waals surface area (Å²) < 4.78 is 47.2. The molecule has 0 radical (unpaired) electrons. The van der Waals surface area contributed by atoms with Crippen LogP contribution in [0, 0.1) is 0 Å². The minimum atomic E-state index is -4.62. The Labute approximate surface area is 172 Å². The van der Waals surface area contributed by atoms with Crippen LogP contribution >= 0.6 is 0 Å². The van der Waals surface area contributed by atoms with Gasteiger partial charge in [-0.25, -0.2) is 10.2 Å². The summed E-state index contributed by atoms with van der Waals surface area (Å²) in [4.78, 5) is 25.2. The first-order valence-corrected chi connectivity index (χ1v) is 9.73. The Balaban J connectivity index is 1.98. The zero-order valence-corrected chi connectivity index (χ0v) is 17.1. The number of amides is 2. The van der Waals surface area contributed by atoms with Gasteiger partial charge in [0.2, 0.25) is 5.91 Å². The molecule has 0 aromatic heterocycles. The monoisotopic (exact) mass is 426 g/mol. The van der Waals surface area contributed by atoms with Gasteiger partial charge in [0.05, 0.1) is 17.3 Å². The van der Waals surface area contributed by atoms with Crippen LogP contribution in [0.5, 0.6) is 0 Å². The third-order valence-electron chi connectivity index (χ3n) is 4.83. The number of benzene rings is 1. The molecule has 1 atom stereocenters. The van der Waals surface area contributed by atoms with Crippen molar-refractivity contribution in [1.82, 2.24) is 15.6 Å². The van der Waals surface area contributed by atoms with Crippen LogP contribution in [0.25, 0.3) is 0 Å². The summed E-state index contributed by atoms with van der Waals surface area (Å²) in [7, 11) is 0. The highest BCUT2D eigenvalue weighted by Gasteiger charge is 2.40. The van der Waals surface area contributed by atoms with Crippen molar-refractivity contribution >= 4 is 17.7 Å². The minimum absolute atomic E-state index is 0.00949. The maximum atomic E-state index is 13.9. The zero-order valence-electron chi connectivity index (χ0n) is 17.1. The van der Waals surface area contributed by atoms with E-state index in [4.69, 9.17) is 4.74 Å². The number of rotatable bonds is 2. The molecule has 1 fully saturated rings. The van der Waals surface area contributed by atoms with Gasteiger partial charge in [-0.2, -0.15) is 18.3 Å². The summed E-state index contributed by atoms with van der Waals surface area (Å²) in [5.74, 6) is -0.271. The number of halogens is 3. The molecule has 2 N–H and O–H groups in total. The van der Waals surface area contributed by atoms with Crippen molar-refractivity contribution in [2.75, 3.05) is 19.6 Å². The maximum Gasteiger partial charge on any atom is 0.416 e. The predicted octanol–water partition coefficient (Wildman–Crippen LogP) is 3.20. The Morgan fingerprint density at radius 2 is 1.97 bits per heavy atom. The first-order valence-electron chi connectivity index (χ1n) is 9.73. The summed E-state index contributed by atoms with van der Waals surface area (Å²) in [5.41, 5.74) is 1.38. The highest BCUT2D eigenvalue weighted by atomic mass is 19.4. The van der Waals surface area contributed by atoms with E-state index in [0.29, 0.717) is 17.8 Å². The van der Waals surface area contributed by atoms with Crippen molar-refractivity contribution in [2.45, 2.75) is 51.4 Å². The lowest BCUT2D eigenvalue weighted by Gasteiger charge is -2.38. The van der Waals surface area contributed by atoms with Crippen molar-refractivity contribution in [3.63, 3.8) is 0 Å².